The number of carbonyl (C=O) groups is 2. The fourth-order valence-corrected chi connectivity index (χ4v) is 3.80. The molecule has 0 aliphatic carbocycles. The molecule has 0 aliphatic rings. The van der Waals surface area contributed by atoms with Gasteiger partial charge in [0.25, 0.3) is 15.9 Å². The van der Waals surface area contributed by atoms with Crippen molar-refractivity contribution in [3.05, 3.63) is 58.6 Å². The van der Waals surface area contributed by atoms with E-state index in [1.54, 1.807) is 12.1 Å². The Balaban J connectivity index is 1.94. The molecule has 7 nitrogen and oxygen atoms in total. The lowest BCUT2D eigenvalue weighted by atomic mass is 10.2. The summed E-state index contributed by atoms with van der Waals surface area (Å²) in [4.78, 5) is 24.0. The summed E-state index contributed by atoms with van der Waals surface area (Å²) < 4.78 is 33.0. The van der Waals surface area contributed by atoms with Crippen LogP contribution >= 0.6 is 15.9 Å². The predicted octanol–water partition coefficient (Wildman–Crippen LogP) is 3.71. The number of rotatable bonds is 9. The molecule has 0 unspecified atom stereocenters. The number of halogens is 1. The Kier molecular flexibility index (Phi) is 8.21. The van der Waals surface area contributed by atoms with Crippen LogP contribution in [0.2, 0.25) is 0 Å². The topological polar surface area (TPSA) is 102 Å². The maximum atomic E-state index is 12.4. The van der Waals surface area contributed by atoms with Crippen LogP contribution in [0.15, 0.2) is 57.9 Å². The van der Waals surface area contributed by atoms with Gasteiger partial charge in [0.05, 0.1) is 10.5 Å². The van der Waals surface area contributed by atoms with E-state index in [0.29, 0.717) is 5.69 Å². The van der Waals surface area contributed by atoms with Gasteiger partial charge in [0, 0.05) is 16.2 Å². The van der Waals surface area contributed by atoms with E-state index in [2.05, 4.69) is 26.0 Å². The third-order valence-corrected chi connectivity index (χ3v) is 6.11. The summed E-state index contributed by atoms with van der Waals surface area (Å²) in [7, 11) is -3.74. The summed E-state index contributed by atoms with van der Waals surface area (Å²) in [5.41, 5.74) is 0.517. The van der Waals surface area contributed by atoms with Crippen LogP contribution in [0, 0.1) is 0 Å². The summed E-state index contributed by atoms with van der Waals surface area (Å²) in [6.07, 6.45) is 1.60. The van der Waals surface area contributed by atoms with Gasteiger partial charge in [-0.2, -0.15) is 0 Å². The van der Waals surface area contributed by atoms with Gasteiger partial charge in [-0.3, -0.25) is 9.52 Å². The van der Waals surface area contributed by atoms with Crippen LogP contribution in [0.4, 0.5) is 5.69 Å². The summed E-state index contributed by atoms with van der Waals surface area (Å²) in [6, 6.07) is 12.0. The first-order chi connectivity index (χ1) is 13.7. The third-order valence-electron chi connectivity index (χ3n) is 4.18. The Hall–Kier alpha value is -2.39. The lowest BCUT2D eigenvalue weighted by molar-refractivity contribution is -0.125. The van der Waals surface area contributed by atoms with Crippen molar-refractivity contribution >= 4 is 43.5 Å². The van der Waals surface area contributed by atoms with Crippen LogP contribution in [0.3, 0.4) is 0 Å². The Morgan fingerprint density at radius 3 is 2.14 bits per heavy atom. The van der Waals surface area contributed by atoms with Crippen LogP contribution in [0.25, 0.3) is 0 Å². The molecule has 0 aliphatic heterocycles. The second kappa shape index (κ2) is 10.4. The highest BCUT2D eigenvalue weighted by atomic mass is 79.9. The van der Waals surface area contributed by atoms with E-state index in [9.17, 15) is 18.0 Å². The Morgan fingerprint density at radius 1 is 1.00 bits per heavy atom. The maximum absolute atomic E-state index is 12.4. The Morgan fingerprint density at radius 2 is 1.59 bits per heavy atom. The van der Waals surface area contributed by atoms with Gasteiger partial charge >= 0.3 is 5.97 Å². The minimum atomic E-state index is -3.74. The number of nitrogens with one attached hydrogen (secondary N) is 2. The van der Waals surface area contributed by atoms with E-state index < -0.39 is 16.0 Å². The van der Waals surface area contributed by atoms with Crippen LogP contribution < -0.4 is 10.0 Å². The highest BCUT2D eigenvalue weighted by Crippen LogP contribution is 2.19. The normalized spacial score (nSPS) is 11.2. The number of sulfonamides is 1. The minimum Gasteiger partial charge on any atom is -0.452 e. The van der Waals surface area contributed by atoms with Crippen molar-refractivity contribution in [1.82, 2.24) is 5.32 Å². The number of benzene rings is 2. The second-order valence-electron chi connectivity index (χ2n) is 6.29. The van der Waals surface area contributed by atoms with Gasteiger partial charge in [-0.1, -0.05) is 29.8 Å². The molecule has 0 fully saturated rings. The van der Waals surface area contributed by atoms with E-state index >= 15 is 0 Å². The second-order valence-corrected chi connectivity index (χ2v) is 8.89. The molecule has 0 atom stereocenters. The molecule has 0 saturated heterocycles. The Bertz CT molecular complexity index is 940. The van der Waals surface area contributed by atoms with Crippen molar-refractivity contribution in [1.29, 1.82) is 0 Å². The highest BCUT2D eigenvalue weighted by Gasteiger charge is 2.15. The Labute approximate surface area is 179 Å². The number of ether oxygens (including phenoxy) is 1. The fraction of sp³-hybridized carbons (Fsp3) is 0.300. The average Bonchev–Trinajstić information content (AvgIpc) is 2.70. The first-order valence-electron chi connectivity index (χ1n) is 9.10. The van der Waals surface area contributed by atoms with Crippen LogP contribution in [0.1, 0.15) is 37.0 Å². The number of hydrogen-bond acceptors (Lipinski definition) is 5. The molecular weight excluding hydrogens is 460 g/mol. The van der Waals surface area contributed by atoms with Gasteiger partial charge in [0.15, 0.2) is 6.61 Å². The van der Waals surface area contributed by atoms with Gasteiger partial charge in [-0.05, 0) is 61.4 Å². The van der Waals surface area contributed by atoms with E-state index in [1.165, 1.54) is 36.4 Å². The molecule has 0 spiro atoms. The van der Waals surface area contributed by atoms with Gasteiger partial charge in [0.2, 0.25) is 0 Å². The zero-order valence-corrected chi connectivity index (χ0v) is 18.5. The number of amides is 1. The first-order valence-corrected chi connectivity index (χ1v) is 11.4. The van der Waals surface area contributed by atoms with Crippen molar-refractivity contribution in [2.45, 2.75) is 37.6 Å². The molecule has 0 radical (unpaired) electrons. The molecule has 0 bridgehead atoms. The van der Waals surface area contributed by atoms with E-state index in [-0.39, 0.29) is 29.0 Å². The molecule has 2 aromatic carbocycles. The van der Waals surface area contributed by atoms with E-state index in [4.69, 9.17) is 4.74 Å². The third kappa shape index (κ3) is 6.86. The van der Waals surface area contributed by atoms with Crippen molar-refractivity contribution in [3.63, 3.8) is 0 Å². The smallest absolute Gasteiger partial charge is 0.338 e. The molecule has 2 rings (SSSR count). The molecule has 9 heteroatoms. The van der Waals surface area contributed by atoms with Crippen LogP contribution in [0.5, 0.6) is 0 Å². The molecule has 29 heavy (non-hydrogen) atoms. The summed E-state index contributed by atoms with van der Waals surface area (Å²) in [6.45, 7) is 3.56. The summed E-state index contributed by atoms with van der Waals surface area (Å²) >= 11 is 3.26. The first kappa shape index (κ1) is 22.9. The molecule has 2 aromatic rings. The molecule has 156 valence electrons. The maximum Gasteiger partial charge on any atom is 0.338 e. The fourth-order valence-electron chi connectivity index (χ4n) is 2.48. The van der Waals surface area contributed by atoms with Gasteiger partial charge in [0.1, 0.15) is 0 Å². The van der Waals surface area contributed by atoms with Crippen LogP contribution in [-0.4, -0.2) is 32.9 Å². The minimum absolute atomic E-state index is 0.0548. The quantitative estimate of drug-likeness (QED) is 0.530. The van der Waals surface area contributed by atoms with E-state index in [1.807, 2.05) is 13.8 Å². The van der Waals surface area contributed by atoms with Crippen molar-refractivity contribution in [3.8, 4) is 0 Å². The number of carbonyl (C=O) groups excluding carboxylic acids is 2. The SMILES string of the molecule is CCC(CC)NC(=O)COC(=O)c1ccc(NS(=O)(=O)c2ccc(Br)cc2)cc1. The van der Waals surface area contributed by atoms with Gasteiger partial charge in [-0.25, -0.2) is 13.2 Å². The molecule has 2 N–H and O–H groups in total. The molecule has 0 aromatic heterocycles. The molecule has 0 saturated carbocycles. The summed E-state index contributed by atoms with van der Waals surface area (Å²) in [5.74, 6) is -1.02. The zero-order valence-electron chi connectivity index (χ0n) is 16.1. The van der Waals surface area contributed by atoms with Crippen molar-refractivity contribution < 1.29 is 22.7 Å². The lowest BCUT2D eigenvalue weighted by Gasteiger charge is -2.14. The largest absolute Gasteiger partial charge is 0.452 e. The van der Waals surface area contributed by atoms with Gasteiger partial charge < -0.3 is 10.1 Å². The number of anilines is 1. The highest BCUT2D eigenvalue weighted by molar-refractivity contribution is 9.10. The lowest BCUT2D eigenvalue weighted by Crippen LogP contribution is -2.36. The summed E-state index contributed by atoms with van der Waals surface area (Å²) in [5, 5.41) is 2.78. The van der Waals surface area contributed by atoms with E-state index in [0.717, 1.165) is 17.3 Å². The molecule has 1 amide bonds. The zero-order chi connectivity index (χ0) is 21.4. The molecular formula is C20H23BrN2O5S. The standard InChI is InChI=1S/C20H23BrN2O5S/c1-3-16(4-2)22-19(24)13-28-20(25)14-5-9-17(10-6-14)23-29(26,27)18-11-7-15(21)8-12-18/h5-12,16,23H,3-4,13H2,1-2H3,(H,22,24). The van der Waals surface area contributed by atoms with Crippen LogP contribution in [-0.2, 0) is 19.6 Å². The monoisotopic (exact) mass is 482 g/mol. The molecule has 0 heterocycles. The number of hydrogen-bond donors (Lipinski definition) is 2. The average molecular weight is 483 g/mol. The van der Waals surface area contributed by atoms with Gasteiger partial charge in [-0.15, -0.1) is 0 Å². The predicted molar refractivity (Wildman–Crippen MR) is 114 cm³/mol. The van der Waals surface area contributed by atoms with Crippen molar-refractivity contribution in [2.75, 3.05) is 11.3 Å². The number of esters is 1. The van der Waals surface area contributed by atoms with Crippen molar-refractivity contribution in [2.24, 2.45) is 0 Å².